The van der Waals surface area contributed by atoms with E-state index < -0.39 is 0 Å². The second-order valence-electron chi connectivity index (χ2n) is 6.39. The highest BCUT2D eigenvalue weighted by Crippen LogP contribution is 2.14. The molecule has 2 aliphatic heterocycles. The molecule has 0 aliphatic carbocycles. The number of rotatable bonds is 2. The lowest BCUT2D eigenvalue weighted by atomic mass is 10.2. The highest BCUT2D eigenvalue weighted by Gasteiger charge is 2.28. The Morgan fingerprint density at radius 2 is 1.83 bits per heavy atom. The molecule has 2 aromatic heterocycles. The Kier molecular flexibility index (Phi) is 3.65. The first-order valence-electron chi connectivity index (χ1n) is 8.27. The van der Waals surface area contributed by atoms with Crippen molar-refractivity contribution in [2.24, 2.45) is 0 Å². The first kappa shape index (κ1) is 14.4. The maximum absolute atomic E-state index is 12.2. The Hall–Kier alpha value is -2.15. The number of hydrogen-bond donors (Lipinski definition) is 0. The van der Waals surface area contributed by atoms with Crippen LogP contribution >= 0.6 is 0 Å². The number of piperazine rings is 1. The molecule has 0 atom stereocenters. The summed E-state index contributed by atoms with van der Waals surface area (Å²) in [6, 6.07) is 4.34. The van der Waals surface area contributed by atoms with Crippen LogP contribution in [0.25, 0.3) is 5.65 Å². The monoisotopic (exact) mass is 314 g/mol. The fourth-order valence-electron chi connectivity index (χ4n) is 3.19. The number of pyridine rings is 1. The van der Waals surface area contributed by atoms with Crippen molar-refractivity contribution < 1.29 is 4.79 Å². The molecule has 2 saturated heterocycles. The Balaban J connectivity index is 1.35. The van der Waals surface area contributed by atoms with Crippen molar-refractivity contribution in [3.63, 3.8) is 0 Å². The SMILES string of the molecule is Cc1nc2ccc(CN3CCN(C(=O)N4CCC4)CC3)cn2n1. The van der Waals surface area contributed by atoms with Gasteiger partial charge in [-0.1, -0.05) is 6.07 Å². The molecular weight excluding hydrogens is 292 g/mol. The topological polar surface area (TPSA) is 57.0 Å². The lowest BCUT2D eigenvalue weighted by Crippen LogP contribution is -2.55. The summed E-state index contributed by atoms with van der Waals surface area (Å²) >= 11 is 0. The summed E-state index contributed by atoms with van der Waals surface area (Å²) in [7, 11) is 0. The van der Waals surface area contributed by atoms with E-state index in [4.69, 9.17) is 0 Å². The summed E-state index contributed by atoms with van der Waals surface area (Å²) in [5.74, 6) is 0.792. The van der Waals surface area contributed by atoms with Crippen molar-refractivity contribution in [1.29, 1.82) is 0 Å². The molecule has 0 radical (unpaired) electrons. The van der Waals surface area contributed by atoms with E-state index in [0.29, 0.717) is 0 Å². The molecule has 2 aliphatic rings. The van der Waals surface area contributed by atoms with Gasteiger partial charge in [0, 0.05) is 52.0 Å². The largest absolute Gasteiger partial charge is 0.325 e. The van der Waals surface area contributed by atoms with Gasteiger partial charge in [-0.25, -0.2) is 14.3 Å². The first-order valence-corrected chi connectivity index (χ1v) is 8.27. The van der Waals surface area contributed by atoms with Crippen LogP contribution < -0.4 is 0 Å². The van der Waals surface area contributed by atoms with Crippen LogP contribution in [0.3, 0.4) is 0 Å². The number of carbonyl (C=O) groups excluding carboxylic acids is 1. The van der Waals surface area contributed by atoms with Gasteiger partial charge in [-0.3, -0.25) is 4.90 Å². The molecule has 23 heavy (non-hydrogen) atoms. The van der Waals surface area contributed by atoms with Crippen LogP contribution in [-0.4, -0.2) is 74.6 Å². The van der Waals surface area contributed by atoms with Gasteiger partial charge in [-0.2, -0.15) is 5.10 Å². The van der Waals surface area contributed by atoms with Gasteiger partial charge in [0.1, 0.15) is 5.82 Å². The predicted molar refractivity (Wildman–Crippen MR) is 86.2 cm³/mol. The van der Waals surface area contributed by atoms with E-state index in [9.17, 15) is 4.79 Å². The lowest BCUT2D eigenvalue weighted by Gasteiger charge is -2.40. The number of hydrogen-bond acceptors (Lipinski definition) is 4. The molecule has 0 unspecified atom stereocenters. The molecule has 7 nitrogen and oxygen atoms in total. The Morgan fingerprint density at radius 3 is 2.52 bits per heavy atom. The molecule has 0 aromatic carbocycles. The second-order valence-corrected chi connectivity index (χ2v) is 6.39. The van der Waals surface area contributed by atoms with Crippen LogP contribution in [0, 0.1) is 6.92 Å². The number of aromatic nitrogens is 3. The normalized spacial score (nSPS) is 19.2. The van der Waals surface area contributed by atoms with Gasteiger partial charge in [0.15, 0.2) is 5.65 Å². The van der Waals surface area contributed by atoms with Crippen molar-refractivity contribution in [2.45, 2.75) is 19.9 Å². The van der Waals surface area contributed by atoms with E-state index in [2.05, 4.69) is 21.0 Å². The molecule has 4 rings (SSSR count). The molecule has 0 saturated carbocycles. The minimum Gasteiger partial charge on any atom is -0.325 e. The standard InChI is InChI=1S/C16H22N6O/c1-13-17-15-4-3-14(12-22(15)18-13)11-19-7-9-21(10-8-19)16(23)20-5-2-6-20/h3-4,12H,2,5-11H2,1H3. The molecule has 2 aromatic rings. The van der Waals surface area contributed by atoms with E-state index in [1.54, 1.807) is 0 Å². The molecule has 4 heterocycles. The van der Waals surface area contributed by atoms with E-state index in [0.717, 1.165) is 63.7 Å². The fraction of sp³-hybridized carbons (Fsp3) is 0.562. The zero-order chi connectivity index (χ0) is 15.8. The number of urea groups is 1. The van der Waals surface area contributed by atoms with Gasteiger partial charge >= 0.3 is 6.03 Å². The number of fused-ring (bicyclic) bond motifs is 1. The van der Waals surface area contributed by atoms with Crippen molar-refractivity contribution in [3.8, 4) is 0 Å². The number of amides is 2. The quantitative estimate of drug-likeness (QED) is 0.829. The summed E-state index contributed by atoms with van der Waals surface area (Å²) in [6.07, 6.45) is 3.20. The van der Waals surface area contributed by atoms with Gasteiger partial charge in [0.05, 0.1) is 0 Å². The average Bonchev–Trinajstić information content (AvgIpc) is 2.85. The minimum absolute atomic E-state index is 0.218. The van der Waals surface area contributed by atoms with Crippen molar-refractivity contribution in [1.82, 2.24) is 29.3 Å². The minimum atomic E-state index is 0.218. The zero-order valence-corrected chi connectivity index (χ0v) is 13.5. The summed E-state index contributed by atoms with van der Waals surface area (Å²) in [4.78, 5) is 22.9. The van der Waals surface area contributed by atoms with Gasteiger partial charge in [-0.15, -0.1) is 0 Å². The van der Waals surface area contributed by atoms with Crippen molar-refractivity contribution in [3.05, 3.63) is 29.7 Å². The van der Waals surface area contributed by atoms with Crippen molar-refractivity contribution in [2.75, 3.05) is 39.3 Å². The maximum atomic E-state index is 12.2. The highest BCUT2D eigenvalue weighted by molar-refractivity contribution is 5.75. The van der Waals surface area contributed by atoms with Crippen LogP contribution in [0.5, 0.6) is 0 Å². The summed E-state index contributed by atoms with van der Waals surface area (Å²) < 4.78 is 1.84. The van der Waals surface area contributed by atoms with Gasteiger partial charge in [0.25, 0.3) is 0 Å². The molecule has 7 heteroatoms. The maximum Gasteiger partial charge on any atom is 0.320 e. The summed E-state index contributed by atoms with van der Waals surface area (Å²) in [5.41, 5.74) is 2.11. The van der Waals surface area contributed by atoms with Crippen LogP contribution in [-0.2, 0) is 6.54 Å². The number of carbonyl (C=O) groups is 1. The summed E-state index contributed by atoms with van der Waals surface area (Å²) in [5, 5.41) is 4.37. The zero-order valence-electron chi connectivity index (χ0n) is 13.5. The van der Waals surface area contributed by atoms with Gasteiger partial charge in [0.2, 0.25) is 0 Å². The molecule has 2 fully saturated rings. The molecule has 2 amide bonds. The Morgan fingerprint density at radius 1 is 1.09 bits per heavy atom. The van der Waals surface area contributed by atoms with Crippen LogP contribution in [0.1, 0.15) is 17.8 Å². The van der Waals surface area contributed by atoms with E-state index in [-0.39, 0.29) is 6.03 Å². The molecule has 0 spiro atoms. The average molecular weight is 314 g/mol. The molecule has 0 N–H and O–H groups in total. The number of nitrogens with zero attached hydrogens (tertiary/aromatic N) is 6. The molecular formula is C16H22N6O. The molecule has 0 bridgehead atoms. The first-order chi connectivity index (χ1) is 11.2. The number of aryl methyl sites for hydroxylation is 1. The van der Waals surface area contributed by atoms with E-state index in [1.165, 1.54) is 5.56 Å². The van der Waals surface area contributed by atoms with Gasteiger partial charge in [-0.05, 0) is 25.0 Å². The smallest absolute Gasteiger partial charge is 0.320 e. The fourth-order valence-corrected chi connectivity index (χ4v) is 3.19. The second kappa shape index (κ2) is 5.81. The predicted octanol–water partition coefficient (Wildman–Crippen LogP) is 0.981. The van der Waals surface area contributed by atoms with Crippen LogP contribution in [0.2, 0.25) is 0 Å². The molecule has 122 valence electrons. The lowest BCUT2D eigenvalue weighted by molar-refractivity contribution is 0.0939. The summed E-state index contributed by atoms with van der Waals surface area (Å²) in [6.45, 7) is 8.14. The van der Waals surface area contributed by atoms with Crippen LogP contribution in [0.15, 0.2) is 18.3 Å². The third-order valence-corrected chi connectivity index (χ3v) is 4.67. The Bertz CT molecular complexity index is 714. The van der Waals surface area contributed by atoms with E-state index >= 15 is 0 Å². The number of likely N-dealkylation sites (tertiary alicyclic amines) is 1. The van der Waals surface area contributed by atoms with Crippen LogP contribution in [0.4, 0.5) is 4.79 Å². The van der Waals surface area contributed by atoms with Crippen molar-refractivity contribution >= 4 is 11.7 Å². The highest BCUT2D eigenvalue weighted by atomic mass is 16.2. The van der Waals surface area contributed by atoms with E-state index in [1.807, 2.05) is 33.5 Å². The van der Waals surface area contributed by atoms with Gasteiger partial charge < -0.3 is 9.80 Å². The Labute approximate surface area is 135 Å². The third-order valence-electron chi connectivity index (χ3n) is 4.67. The third kappa shape index (κ3) is 2.88.